The first-order valence-corrected chi connectivity index (χ1v) is 12.7. The monoisotopic (exact) mass is 481 g/mol. The van der Waals surface area contributed by atoms with E-state index in [0.717, 1.165) is 16.8 Å². The van der Waals surface area contributed by atoms with Crippen molar-refractivity contribution >= 4 is 38.9 Å². The van der Waals surface area contributed by atoms with Crippen molar-refractivity contribution < 1.29 is 13.2 Å². The van der Waals surface area contributed by atoms with Crippen LogP contribution in [0.2, 0.25) is 5.02 Å². The van der Waals surface area contributed by atoms with Crippen molar-refractivity contribution in [2.24, 2.45) is 0 Å². The van der Waals surface area contributed by atoms with Crippen LogP contribution in [-0.4, -0.2) is 51.9 Å². The number of hydrogen-bond acceptors (Lipinski definition) is 4. The number of sulfonamides is 1. The molecule has 2 aliphatic rings. The van der Waals surface area contributed by atoms with Crippen molar-refractivity contribution in [3.05, 3.63) is 77.3 Å². The van der Waals surface area contributed by atoms with Gasteiger partial charge in [-0.1, -0.05) is 54.1 Å². The Morgan fingerprint density at radius 3 is 2.30 bits per heavy atom. The van der Waals surface area contributed by atoms with Crippen LogP contribution < -0.4 is 9.21 Å². The molecule has 0 spiro atoms. The van der Waals surface area contributed by atoms with Crippen LogP contribution >= 0.6 is 11.6 Å². The highest BCUT2D eigenvalue weighted by molar-refractivity contribution is 7.93. The van der Waals surface area contributed by atoms with Gasteiger partial charge < -0.3 is 9.80 Å². The molecule has 0 aliphatic carbocycles. The quantitative estimate of drug-likeness (QED) is 0.563. The van der Waals surface area contributed by atoms with E-state index in [2.05, 4.69) is 4.90 Å². The molecule has 5 rings (SSSR count). The summed E-state index contributed by atoms with van der Waals surface area (Å²) in [6.45, 7) is 4.20. The highest BCUT2D eigenvalue weighted by atomic mass is 35.5. The standard InChI is InChI=1S/C25H24ClN3O3S/c1-18-10-11-19(26)16-23(18)27-12-14-28(15-13-27)25(30)17-29-22-8-4-2-6-20(22)21-7-3-5-9-24(21)33(29,31)32/h2-11,16H,12-15,17H2,1H3. The van der Waals surface area contributed by atoms with E-state index >= 15 is 0 Å². The first-order valence-electron chi connectivity index (χ1n) is 10.9. The molecule has 2 heterocycles. The minimum absolute atomic E-state index is 0.199. The van der Waals surface area contributed by atoms with Gasteiger partial charge in [-0.3, -0.25) is 9.10 Å². The molecule has 3 aromatic carbocycles. The molecule has 1 fully saturated rings. The number of piperazine rings is 1. The smallest absolute Gasteiger partial charge is 0.265 e. The first kappa shape index (κ1) is 21.8. The summed E-state index contributed by atoms with van der Waals surface area (Å²) >= 11 is 6.17. The van der Waals surface area contributed by atoms with Crippen molar-refractivity contribution in [1.82, 2.24) is 4.90 Å². The summed E-state index contributed by atoms with van der Waals surface area (Å²) in [5.41, 5.74) is 4.23. The van der Waals surface area contributed by atoms with E-state index in [0.29, 0.717) is 42.5 Å². The molecule has 0 bridgehead atoms. The number of halogens is 1. The molecule has 0 radical (unpaired) electrons. The molecule has 2 aliphatic heterocycles. The maximum absolute atomic E-state index is 13.4. The molecule has 6 nitrogen and oxygen atoms in total. The summed E-state index contributed by atoms with van der Waals surface area (Å²) in [5.74, 6) is -0.199. The minimum Gasteiger partial charge on any atom is -0.368 e. The average molecular weight is 482 g/mol. The Hall–Kier alpha value is -3.03. The Kier molecular flexibility index (Phi) is 5.54. The lowest BCUT2D eigenvalue weighted by Crippen LogP contribution is -2.52. The molecule has 0 N–H and O–H groups in total. The first-order chi connectivity index (χ1) is 15.9. The van der Waals surface area contributed by atoms with E-state index in [4.69, 9.17) is 11.6 Å². The van der Waals surface area contributed by atoms with E-state index in [-0.39, 0.29) is 17.3 Å². The molecule has 1 amide bonds. The van der Waals surface area contributed by atoms with Gasteiger partial charge >= 0.3 is 0 Å². The van der Waals surface area contributed by atoms with Gasteiger partial charge in [-0.05, 0) is 36.8 Å². The summed E-state index contributed by atoms with van der Waals surface area (Å²) < 4.78 is 28.1. The predicted molar refractivity (Wildman–Crippen MR) is 131 cm³/mol. The summed E-state index contributed by atoms with van der Waals surface area (Å²) in [4.78, 5) is 17.4. The Morgan fingerprint density at radius 2 is 1.55 bits per heavy atom. The number of fused-ring (bicyclic) bond motifs is 3. The topological polar surface area (TPSA) is 60.9 Å². The van der Waals surface area contributed by atoms with Crippen LogP contribution in [0.25, 0.3) is 11.1 Å². The molecule has 170 valence electrons. The van der Waals surface area contributed by atoms with Gasteiger partial charge in [-0.2, -0.15) is 0 Å². The number of benzene rings is 3. The largest absolute Gasteiger partial charge is 0.368 e. The third kappa shape index (κ3) is 3.85. The fraction of sp³-hybridized carbons (Fsp3) is 0.240. The molecule has 0 atom stereocenters. The average Bonchev–Trinajstić information content (AvgIpc) is 2.83. The van der Waals surface area contributed by atoms with Crippen molar-refractivity contribution in [3.63, 3.8) is 0 Å². The maximum atomic E-state index is 13.4. The van der Waals surface area contributed by atoms with Crippen molar-refractivity contribution in [1.29, 1.82) is 0 Å². The van der Waals surface area contributed by atoms with Crippen LogP contribution in [0.15, 0.2) is 71.6 Å². The molecule has 0 saturated carbocycles. The lowest BCUT2D eigenvalue weighted by atomic mass is 10.0. The van der Waals surface area contributed by atoms with E-state index in [1.54, 1.807) is 29.2 Å². The van der Waals surface area contributed by atoms with Gasteiger partial charge in [0.2, 0.25) is 5.91 Å². The summed E-state index contributed by atoms with van der Waals surface area (Å²) in [7, 11) is -3.83. The Balaban J connectivity index is 1.36. The number of anilines is 2. The fourth-order valence-corrected chi connectivity index (χ4v) is 6.40. The van der Waals surface area contributed by atoms with Crippen LogP contribution in [0.4, 0.5) is 11.4 Å². The maximum Gasteiger partial charge on any atom is 0.265 e. The van der Waals surface area contributed by atoms with Crippen molar-refractivity contribution in [2.45, 2.75) is 11.8 Å². The van der Waals surface area contributed by atoms with Crippen LogP contribution in [0.5, 0.6) is 0 Å². The highest BCUT2D eigenvalue weighted by Gasteiger charge is 2.36. The van der Waals surface area contributed by atoms with Crippen molar-refractivity contribution in [3.8, 4) is 11.1 Å². The zero-order valence-electron chi connectivity index (χ0n) is 18.2. The predicted octanol–water partition coefficient (Wildman–Crippen LogP) is 4.17. The van der Waals surface area contributed by atoms with Gasteiger partial charge in [0, 0.05) is 48.0 Å². The van der Waals surface area contributed by atoms with Gasteiger partial charge in [-0.15, -0.1) is 0 Å². The SMILES string of the molecule is Cc1ccc(Cl)cc1N1CCN(C(=O)CN2c3ccccc3-c3ccccc3S2(=O)=O)CC1. The van der Waals surface area contributed by atoms with E-state index < -0.39 is 10.0 Å². The third-order valence-electron chi connectivity index (χ3n) is 6.34. The number of rotatable bonds is 3. The van der Waals surface area contributed by atoms with E-state index in [1.165, 1.54) is 4.31 Å². The third-order valence-corrected chi connectivity index (χ3v) is 8.39. The molecule has 8 heteroatoms. The van der Waals surface area contributed by atoms with Crippen LogP contribution in [0.1, 0.15) is 5.56 Å². The van der Waals surface area contributed by atoms with Gasteiger partial charge in [-0.25, -0.2) is 8.42 Å². The van der Waals surface area contributed by atoms with Crippen LogP contribution in [0.3, 0.4) is 0 Å². The highest BCUT2D eigenvalue weighted by Crippen LogP contribution is 2.42. The fourth-order valence-electron chi connectivity index (χ4n) is 4.59. The normalized spacial score (nSPS) is 16.8. The second-order valence-corrected chi connectivity index (χ2v) is 10.6. The van der Waals surface area contributed by atoms with Crippen molar-refractivity contribution in [2.75, 3.05) is 41.9 Å². The van der Waals surface area contributed by atoms with Gasteiger partial charge in [0.25, 0.3) is 10.0 Å². The number of nitrogens with zero attached hydrogens (tertiary/aromatic N) is 3. The zero-order chi connectivity index (χ0) is 23.2. The Morgan fingerprint density at radius 1 is 0.879 bits per heavy atom. The second-order valence-electron chi connectivity index (χ2n) is 8.32. The number of aryl methyl sites for hydroxylation is 1. The zero-order valence-corrected chi connectivity index (χ0v) is 19.8. The number of carbonyl (C=O) groups is 1. The molecular formula is C25H24ClN3O3S. The van der Waals surface area contributed by atoms with E-state index in [9.17, 15) is 13.2 Å². The number of amides is 1. The summed E-state index contributed by atoms with van der Waals surface area (Å²) in [6.07, 6.45) is 0. The van der Waals surface area contributed by atoms with Gasteiger partial charge in [0.15, 0.2) is 0 Å². The number of para-hydroxylation sites is 1. The molecular weight excluding hydrogens is 458 g/mol. The lowest BCUT2D eigenvalue weighted by Gasteiger charge is -2.38. The molecule has 33 heavy (non-hydrogen) atoms. The molecule has 1 saturated heterocycles. The second kappa shape index (κ2) is 8.39. The van der Waals surface area contributed by atoms with Gasteiger partial charge in [0.05, 0.1) is 10.6 Å². The number of hydrogen-bond donors (Lipinski definition) is 0. The Labute approximate surface area is 199 Å². The van der Waals surface area contributed by atoms with E-state index in [1.807, 2.05) is 49.4 Å². The number of carbonyl (C=O) groups excluding carboxylic acids is 1. The van der Waals surface area contributed by atoms with Crippen LogP contribution in [0, 0.1) is 6.92 Å². The lowest BCUT2D eigenvalue weighted by molar-refractivity contribution is -0.129. The minimum atomic E-state index is -3.83. The summed E-state index contributed by atoms with van der Waals surface area (Å²) in [5, 5.41) is 0.684. The van der Waals surface area contributed by atoms with Gasteiger partial charge in [0.1, 0.15) is 6.54 Å². The molecule has 0 aromatic heterocycles. The summed E-state index contributed by atoms with van der Waals surface area (Å²) in [6, 6.07) is 20.1. The molecule has 3 aromatic rings. The van der Waals surface area contributed by atoms with Crippen LogP contribution in [-0.2, 0) is 14.8 Å². The molecule has 0 unspecified atom stereocenters. The Bertz CT molecular complexity index is 1330.